The minimum Gasteiger partial charge on any atom is -0.494 e. The fourth-order valence-corrected chi connectivity index (χ4v) is 5.04. The van der Waals surface area contributed by atoms with Crippen molar-refractivity contribution in [1.82, 2.24) is 14.7 Å². The van der Waals surface area contributed by atoms with Crippen molar-refractivity contribution in [3.05, 3.63) is 54.6 Å². The summed E-state index contributed by atoms with van der Waals surface area (Å²) in [6, 6.07) is 16.0. The number of piperazine rings is 1. The number of para-hydroxylation sites is 1. The molecule has 1 atom stereocenters. The highest BCUT2D eigenvalue weighted by Crippen LogP contribution is 2.27. The third-order valence-electron chi connectivity index (χ3n) is 6.63. The maximum Gasteiger partial charge on any atom is 0.256 e. The zero-order chi connectivity index (χ0) is 25.5. The van der Waals surface area contributed by atoms with Crippen molar-refractivity contribution in [2.75, 3.05) is 63.1 Å². The SMILES string of the molecule is CCOc1ccc(NC(=O)C[C@H]2C(=O)N(c3ccccc3)C(=S)N2CCCN2CCN(C)CC2)cc1. The Balaban J connectivity index is 1.43. The van der Waals surface area contributed by atoms with Crippen LogP contribution in [-0.2, 0) is 9.59 Å². The highest BCUT2D eigenvalue weighted by atomic mass is 32.1. The molecule has 8 nitrogen and oxygen atoms in total. The second-order valence-corrected chi connectivity index (χ2v) is 9.57. The van der Waals surface area contributed by atoms with Gasteiger partial charge in [-0.25, -0.2) is 0 Å². The highest BCUT2D eigenvalue weighted by molar-refractivity contribution is 7.80. The molecule has 2 fully saturated rings. The molecule has 2 amide bonds. The number of likely N-dealkylation sites (N-methyl/N-ethyl adjacent to an activating group) is 1. The lowest BCUT2D eigenvalue weighted by atomic mass is 10.1. The first-order valence-corrected chi connectivity index (χ1v) is 13.0. The quantitative estimate of drug-likeness (QED) is 0.494. The summed E-state index contributed by atoms with van der Waals surface area (Å²) >= 11 is 5.77. The van der Waals surface area contributed by atoms with E-state index in [4.69, 9.17) is 17.0 Å². The molecule has 0 saturated carbocycles. The van der Waals surface area contributed by atoms with Gasteiger partial charge in [-0.1, -0.05) is 18.2 Å². The van der Waals surface area contributed by atoms with Crippen LogP contribution in [-0.4, -0.2) is 90.6 Å². The molecule has 2 heterocycles. The Morgan fingerprint density at radius 2 is 1.72 bits per heavy atom. The van der Waals surface area contributed by atoms with Gasteiger partial charge in [0.15, 0.2) is 5.11 Å². The van der Waals surface area contributed by atoms with E-state index in [0.717, 1.165) is 50.6 Å². The standard InChI is InChI=1S/C27H35N5O3S/c1-3-35-23-12-10-21(11-13-23)28-25(33)20-24-26(34)32(22-8-5-4-6-9-22)27(36)31(24)15-7-14-30-18-16-29(2)17-19-30/h4-6,8-13,24H,3,7,14-20H2,1-2H3,(H,28,33)/t24-/m0/s1. The van der Waals surface area contributed by atoms with Crippen LogP contribution in [0.1, 0.15) is 19.8 Å². The van der Waals surface area contributed by atoms with Crippen LogP contribution in [0.2, 0.25) is 0 Å². The molecule has 192 valence electrons. The van der Waals surface area contributed by atoms with Gasteiger partial charge in [-0.05, 0) is 75.6 Å². The van der Waals surface area contributed by atoms with Gasteiger partial charge in [0, 0.05) is 38.4 Å². The maximum absolute atomic E-state index is 13.5. The molecular weight excluding hydrogens is 474 g/mol. The van der Waals surface area contributed by atoms with Crippen molar-refractivity contribution in [3.63, 3.8) is 0 Å². The smallest absolute Gasteiger partial charge is 0.256 e. The molecule has 0 unspecified atom stereocenters. The van der Waals surface area contributed by atoms with E-state index in [0.29, 0.717) is 24.0 Å². The van der Waals surface area contributed by atoms with Crippen LogP contribution >= 0.6 is 12.2 Å². The monoisotopic (exact) mass is 509 g/mol. The zero-order valence-corrected chi connectivity index (χ0v) is 21.9. The largest absolute Gasteiger partial charge is 0.494 e. The summed E-state index contributed by atoms with van der Waals surface area (Å²) in [6.07, 6.45) is 0.904. The van der Waals surface area contributed by atoms with Gasteiger partial charge < -0.3 is 24.8 Å². The van der Waals surface area contributed by atoms with Gasteiger partial charge in [-0.2, -0.15) is 0 Å². The van der Waals surface area contributed by atoms with Gasteiger partial charge in [0.25, 0.3) is 5.91 Å². The third-order valence-corrected chi connectivity index (χ3v) is 7.05. The first-order chi connectivity index (χ1) is 17.5. The summed E-state index contributed by atoms with van der Waals surface area (Å²) in [5.74, 6) is 0.365. The van der Waals surface area contributed by atoms with Gasteiger partial charge in [0.05, 0.1) is 18.7 Å². The number of carbonyl (C=O) groups excluding carboxylic acids is 2. The summed E-state index contributed by atoms with van der Waals surface area (Å²) in [6.45, 7) is 8.30. The molecule has 0 bridgehead atoms. The summed E-state index contributed by atoms with van der Waals surface area (Å²) in [5, 5.41) is 3.37. The van der Waals surface area contributed by atoms with Crippen LogP contribution in [0.5, 0.6) is 5.75 Å². The second kappa shape index (κ2) is 12.3. The highest BCUT2D eigenvalue weighted by Gasteiger charge is 2.43. The molecule has 0 spiro atoms. The average Bonchev–Trinajstić information content (AvgIpc) is 3.11. The van der Waals surface area contributed by atoms with Crippen LogP contribution in [0.4, 0.5) is 11.4 Å². The van der Waals surface area contributed by atoms with Crippen molar-refractivity contribution in [1.29, 1.82) is 0 Å². The van der Waals surface area contributed by atoms with E-state index in [1.165, 1.54) is 0 Å². The predicted molar refractivity (Wildman–Crippen MR) is 146 cm³/mol. The third kappa shape index (κ3) is 6.40. The number of benzene rings is 2. The number of ether oxygens (including phenoxy) is 1. The number of hydrogen-bond donors (Lipinski definition) is 1. The Hall–Kier alpha value is -3.01. The molecule has 36 heavy (non-hydrogen) atoms. The molecule has 2 aliphatic rings. The van der Waals surface area contributed by atoms with E-state index >= 15 is 0 Å². The number of rotatable bonds is 10. The molecule has 2 aromatic carbocycles. The van der Waals surface area contributed by atoms with E-state index < -0.39 is 6.04 Å². The number of carbonyl (C=O) groups is 2. The normalized spacial score (nSPS) is 19.1. The Morgan fingerprint density at radius 3 is 2.39 bits per heavy atom. The summed E-state index contributed by atoms with van der Waals surface area (Å²) in [7, 11) is 2.15. The van der Waals surface area contributed by atoms with Gasteiger partial charge in [0.1, 0.15) is 11.8 Å². The molecule has 1 N–H and O–H groups in total. The van der Waals surface area contributed by atoms with E-state index in [1.807, 2.05) is 54.3 Å². The topological polar surface area (TPSA) is 68.4 Å². The van der Waals surface area contributed by atoms with Crippen molar-refractivity contribution in [2.24, 2.45) is 0 Å². The molecule has 2 aromatic rings. The number of hydrogen-bond acceptors (Lipinski definition) is 6. The lowest BCUT2D eigenvalue weighted by molar-refractivity contribution is -0.124. The Bertz CT molecular complexity index is 1040. The van der Waals surface area contributed by atoms with Crippen LogP contribution in [0.15, 0.2) is 54.6 Å². The first-order valence-electron chi connectivity index (χ1n) is 12.6. The fraction of sp³-hybridized carbons (Fsp3) is 0.444. The van der Waals surface area contributed by atoms with Crippen LogP contribution < -0.4 is 15.0 Å². The summed E-state index contributed by atoms with van der Waals surface area (Å²) in [4.78, 5) is 34.8. The first kappa shape index (κ1) is 26.1. The van der Waals surface area contributed by atoms with Gasteiger partial charge in [0.2, 0.25) is 5.91 Å². The van der Waals surface area contributed by atoms with Gasteiger partial charge in [-0.15, -0.1) is 0 Å². The number of nitrogens with zero attached hydrogens (tertiary/aromatic N) is 4. The molecular formula is C27H35N5O3S. The van der Waals surface area contributed by atoms with Gasteiger partial charge >= 0.3 is 0 Å². The van der Waals surface area contributed by atoms with Crippen LogP contribution in [0.3, 0.4) is 0 Å². The molecule has 0 aromatic heterocycles. The Kier molecular flexibility index (Phi) is 8.90. The van der Waals surface area contributed by atoms with E-state index in [1.54, 1.807) is 17.0 Å². The Morgan fingerprint density at radius 1 is 1.03 bits per heavy atom. The molecule has 2 saturated heterocycles. The number of anilines is 2. The van der Waals surface area contributed by atoms with E-state index in [-0.39, 0.29) is 18.2 Å². The summed E-state index contributed by atoms with van der Waals surface area (Å²) in [5.41, 5.74) is 1.39. The Labute approximate surface area is 218 Å². The molecule has 0 aliphatic carbocycles. The maximum atomic E-state index is 13.5. The molecule has 4 rings (SSSR count). The lowest BCUT2D eigenvalue weighted by Gasteiger charge is -2.33. The number of amides is 2. The zero-order valence-electron chi connectivity index (χ0n) is 21.1. The minimum absolute atomic E-state index is 0.0318. The van der Waals surface area contributed by atoms with Crippen LogP contribution in [0, 0.1) is 0 Å². The number of nitrogens with one attached hydrogen (secondary N) is 1. The van der Waals surface area contributed by atoms with Crippen molar-refractivity contribution < 1.29 is 14.3 Å². The fourth-order valence-electron chi connectivity index (χ4n) is 4.63. The predicted octanol–water partition coefficient (Wildman–Crippen LogP) is 3.05. The number of thiocarbonyl (C=S) groups is 1. The van der Waals surface area contributed by atoms with Crippen molar-refractivity contribution >= 4 is 40.5 Å². The van der Waals surface area contributed by atoms with Crippen molar-refractivity contribution in [3.8, 4) is 5.75 Å². The second-order valence-electron chi connectivity index (χ2n) is 9.21. The lowest BCUT2D eigenvalue weighted by Crippen LogP contribution is -2.45. The molecule has 9 heteroatoms. The van der Waals surface area contributed by atoms with E-state index in [2.05, 4.69) is 22.2 Å². The minimum atomic E-state index is -0.632. The molecule has 2 aliphatic heterocycles. The van der Waals surface area contributed by atoms with E-state index in [9.17, 15) is 9.59 Å². The average molecular weight is 510 g/mol. The van der Waals surface area contributed by atoms with Crippen LogP contribution in [0.25, 0.3) is 0 Å². The van der Waals surface area contributed by atoms with Crippen molar-refractivity contribution in [2.45, 2.75) is 25.8 Å². The van der Waals surface area contributed by atoms with Gasteiger partial charge in [-0.3, -0.25) is 14.5 Å². The summed E-state index contributed by atoms with van der Waals surface area (Å²) < 4.78 is 5.46. The molecule has 0 radical (unpaired) electrons.